The number of nitrogens with one attached hydrogen (secondary N) is 2. The molecular formula is C18H27N3O5. The molecule has 8 nitrogen and oxygen atoms in total. The quantitative estimate of drug-likeness (QED) is 0.616. The molecule has 1 aromatic carbocycles. The number of nitrogens with zero attached hydrogens (tertiary/aromatic N) is 1. The molecule has 0 aromatic heterocycles. The second kappa shape index (κ2) is 8.16. The summed E-state index contributed by atoms with van der Waals surface area (Å²) in [5.41, 5.74) is -0.520. The number of carbonyl (C=O) groups excluding carboxylic acids is 2. The predicted molar refractivity (Wildman–Crippen MR) is 97.9 cm³/mol. The molecule has 144 valence electrons. The minimum absolute atomic E-state index is 0.0375. The fraction of sp³-hybridized carbons (Fsp3) is 0.556. The smallest absolute Gasteiger partial charge is 0.408 e. The molecule has 0 fully saturated rings. The van der Waals surface area contributed by atoms with Crippen LogP contribution < -0.4 is 10.6 Å². The zero-order chi connectivity index (χ0) is 20.1. The maximum Gasteiger partial charge on any atom is 0.408 e. The first-order chi connectivity index (χ1) is 11.8. The van der Waals surface area contributed by atoms with E-state index in [0.717, 1.165) is 0 Å². The first kappa shape index (κ1) is 21.4. The number of nitro benzene ring substituents is 1. The Kier molecular flexibility index (Phi) is 6.72. The average Bonchev–Trinajstić information content (AvgIpc) is 2.43. The van der Waals surface area contributed by atoms with Crippen molar-refractivity contribution < 1.29 is 19.2 Å². The first-order valence-corrected chi connectivity index (χ1v) is 8.32. The zero-order valence-electron chi connectivity index (χ0n) is 16.1. The van der Waals surface area contributed by atoms with Gasteiger partial charge in [-0.1, -0.05) is 12.1 Å². The number of benzene rings is 1. The molecule has 26 heavy (non-hydrogen) atoms. The van der Waals surface area contributed by atoms with Crippen molar-refractivity contribution in [3.05, 3.63) is 39.9 Å². The van der Waals surface area contributed by atoms with Crippen LogP contribution in [0, 0.1) is 10.1 Å². The zero-order valence-corrected chi connectivity index (χ0v) is 16.1. The molecule has 0 aliphatic carbocycles. The number of hydrogen-bond donors (Lipinski definition) is 2. The van der Waals surface area contributed by atoms with Crippen molar-refractivity contribution in [1.29, 1.82) is 0 Å². The molecule has 0 aliphatic rings. The van der Waals surface area contributed by atoms with Crippen molar-refractivity contribution in [3.63, 3.8) is 0 Å². The minimum atomic E-state index is -0.870. The van der Waals surface area contributed by atoms with Crippen molar-refractivity contribution in [2.45, 2.75) is 65.1 Å². The van der Waals surface area contributed by atoms with E-state index >= 15 is 0 Å². The van der Waals surface area contributed by atoms with Gasteiger partial charge in [0.2, 0.25) is 5.91 Å². The summed E-state index contributed by atoms with van der Waals surface area (Å²) in [6.45, 7) is 10.7. The average molecular weight is 365 g/mol. The SMILES string of the molecule is CC(C)(C)NC(=O)C(Cc1ccc([N+](=O)[O-])cc1)NC(=O)OC(C)(C)C. The second-order valence-corrected chi connectivity index (χ2v) is 8.07. The molecule has 1 atom stereocenters. The standard InChI is InChI=1S/C18H27N3O5/c1-17(2,3)20-15(22)14(19-16(23)26-18(4,5)6)11-12-7-9-13(10-8-12)21(24)25/h7-10,14H,11H2,1-6H3,(H,19,23)(H,20,22). The van der Waals surface area contributed by atoms with E-state index in [1.165, 1.54) is 12.1 Å². The molecule has 8 heteroatoms. The number of hydrogen-bond acceptors (Lipinski definition) is 5. The number of carbonyl (C=O) groups is 2. The molecule has 1 aromatic rings. The van der Waals surface area contributed by atoms with Crippen LogP contribution in [-0.4, -0.2) is 34.1 Å². The van der Waals surface area contributed by atoms with Crippen LogP contribution in [0.3, 0.4) is 0 Å². The molecular weight excluding hydrogens is 338 g/mol. The van der Waals surface area contributed by atoms with E-state index in [1.807, 2.05) is 20.8 Å². The van der Waals surface area contributed by atoms with Gasteiger partial charge >= 0.3 is 6.09 Å². The van der Waals surface area contributed by atoms with Crippen LogP contribution in [0.2, 0.25) is 0 Å². The highest BCUT2D eigenvalue weighted by Crippen LogP contribution is 2.14. The maximum absolute atomic E-state index is 12.5. The van der Waals surface area contributed by atoms with Crippen LogP contribution in [-0.2, 0) is 16.0 Å². The van der Waals surface area contributed by atoms with Gasteiger partial charge in [0, 0.05) is 24.1 Å². The van der Waals surface area contributed by atoms with Gasteiger partial charge in [-0.05, 0) is 47.1 Å². The summed E-state index contributed by atoms with van der Waals surface area (Å²) < 4.78 is 5.22. The Labute approximate surface area is 153 Å². The number of non-ortho nitro benzene ring substituents is 1. The Morgan fingerprint density at radius 3 is 2.08 bits per heavy atom. The molecule has 0 heterocycles. The molecule has 1 unspecified atom stereocenters. The second-order valence-electron chi connectivity index (χ2n) is 8.07. The highest BCUT2D eigenvalue weighted by molar-refractivity contribution is 5.86. The summed E-state index contributed by atoms with van der Waals surface area (Å²) in [4.78, 5) is 34.9. The van der Waals surface area contributed by atoms with Crippen molar-refractivity contribution in [2.24, 2.45) is 0 Å². The third kappa shape index (κ3) is 7.96. The van der Waals surface area contributed by atoms with E-state index in [2.05, 4.69) is 10.6 Å². The minimum Gasteiger partial charge on any atom is -0.444 e. The van der Waals surface area contributed by atoms with Crippen LogP contribution in [0.25, 0.3) is 0 Å². The predicted octanol–water partition coefficient (Wildman–Crippen LogP) is 2.95. The number of rotatable bonds is 5. The van der Waals surface area contributed by atoms with Gasteiger partial charge in [-0.2, -0.15) is 0 Å². The fourth-order valence-corrected chi connectivity index (χ4v) is 2.11. The lowest BCUT2D eigenvalue weighted by Gasteiger charge is -2.27. The highest BCUT2D eigenvalue weighted by atomic mass is 16.6. The molecule has 1 rings (SSSR count). The molecule has 2 N–H and O–H groups in total. The van der Waals surface area contributed by atoms with Crippen molar-refractivity contribution in [2.75, 3.05) is 0 Å². The normalized spacial score (nSPS) is 12.8. The Balaban J connectivity index is 2.94. The van der Waals surface area contributed by atoms with Gasteiger partial charge < -0.3 is 15.4 Å². The third-order valence-corrected chi connectivity index (χ3v) is 3.09. The Morgan fingerprint density at radius 1 is 1.12 bits per heavy atom. The molecule has 0 radical (unpaired) electrons. The van der Waals surface area contributed by atoms with Crippen molar-refractivity contribution in [3.8, 4) is 0 Å². The van der Waals surface area contributed by atoms with Gasteiger partial charge in [0.05, 0.1) is 4.92 Å². The van der Waals surface area contributed by atoms with Crippen LogP contribution in [0.15, 0.2) is 24.3 Å². The molecule has 2 amide bonds. The van der Waals surface area contributed by atoms with Crippen LogP contribution in [0.5, 0.6) is 0 Å². The molecule has 0 aliphatic heterocycles. The van der Waals surface area contributed by atoms with Crippen LogP contribution in [0.4, 0.5) is 10.5 Å². The highest BCUT2D eigenvalue weighted by Gasteiger charge is 2.27. The summed E-state index contributed by atoms with van der Waals surface area (Å²) in [5.74, 6) is -0.360. The number of amides is 2. The van der Waals surface area contributed by atoms with Crippen molar-refractivity contribution >= 4 is 17.7 Å². The Morgan fingerprint density at radius 2 is 1.65 bits per heavy atom. The summed E-state index contributed by atoms with van der Waals surface area (Å²) in [6, 6.07) is 4.98. The lowest BCUT2D eigenvalue weighted by atomic mass is 10.0. The topological polar surface area (TPSA) is 111 Å². The van der Waals surface area contributed by atoms with E-state index in [4.69, 9.17) is 4.74 Å². The molecule has 0 saturated carbocycles. The summed E-state index contributed by atoms with van der Waals surface area (Å²) in [5, 5.41) is 16.1. The van der Waals surface area contributed by atoms with Crippen LogP contribution in [0.1, 0.15) is 47.1 Å². The van der Waals surface area contributed by atoms with E-state index in [9.17, 15) is 19.7 Å². The summed E-state index contributed by atoms with van der Waals surface area (Å²) >= 11 is 0. The lowest BCUT2D eigenvalue weighted by molar-refractivity contribution is -0.384. The third-order valence-electron chi connectivity index (χ3n) is 3.09. The molecule has 0 spiro atoms. The fourth-order valence-electron chi connectivity index (χ4n) is 2.11. The van der Waals surface area contributed by atoms with Gasteiger partial charge in [-0.3, -0.25) is 14.9 Å². The van der Waals surface area contributed by atoms with E-state index in [1.54, 1.807) is 32.9 Å². The number of nitro groups is 1. The van der Waals surface area contributed by atoms with Crippen molar-refractivity contribution in [1.82, 2.24) is 10.6 Å². The van der Waals surface area contributed by atoms with Gasteiger partial charge in [0.25, 0.3) is 5.69 Å². The van der Waals surface area contributed by atoms with E-state index in [-0.39, 0.29) is 18.0 Å². The van der Waals surface area contributed by atoms with Gasteiger partial charge in [-0.25, -0.2) is 4.79 Å². The Bertz CT molecular complexity index is 657. The Hall–Kier alpha value is -2.64. The van der Waals surface area contributed by atoms with E-state index in [0.29, 0.717) is 5.56 Å². The van der Waals surface area contributed by atoms with Crippen LogP contribution >= 0.6 is 0 Å². The summed E-state index contributed by atoms with van der Waals surface area (Å²) in [6.07, 6.45) is -0.521. The number of alkyl carbamates (subject to hydrolysis) is 1. The maximum atomic E-state index is 12.5. The van der Waals surface area contributed by atoms with Gasteiger partial charge in [0.15, 0.2) is 0 Å². The molecule has 0 bridgehead atoms. The lowest BCUT2D eigenvalue weighted by Crippen LogP contribution is -2.53. The first-order valence-electron chi connectivity index (χ1n) is 8.32. The monoisotopic (exact) mass is 365 g/mol. The largest absolute Gasteiger partial charge is 0.444 e. The molecule has 0 saturated heterocycles. The van der Waals surface area contributed by atoms with Gasteiger partial charge in [-0.15, -0.1) is 0 Å². The van der Waals surface area contributed by atoms with E-state index < -0.39 is 28.2 Å². The summed E-state index contributed by atoms with van der Waals surface area (Å²) in [7, 11) is 0. The number of ether oxygens (including phenoxy) is 1. The van der Waals surface area contributed by atoms with Gasteiger partial charge in [0.1, 0.15) is 11.6 Å².